The highest BCUT2D eigenvalue weighted by Gasteiger charge is 2.16. The standard InChI is InChI=1S/C14H8F6N2O/c15-6-1-3-8(13(19)11(6)17)21-5-10(23)22-9-4-2-7(16)12(18)14(9)20/h1-4,21H,5H2,(H,22,23). The second-order valence-corrected chi connectivity index (χ2v) is 4.35. The summed E-state index contributed by atoms with van der Waals surface area (Å²) in [6, 6.07) is 2.91. The van der Waals surface area contributed by atoms with E-state index in [2.05, 4.69) is 5.32 Å². The summed E-state index contributed by atoms with van der Waals surface area (Å²) in [7, 11) is 0. The number of nitrogens with one attached hydrogen (secondary N) is 2. The molecular formula is C14H8F6N2O. The summed E-state index contributed by atoms with van der Waals surface area (Å²) in [5.41, 5.74) is -1.12. The summed E-state index contributed by atoms with van der Waals surface area (Å²) < 4.78 is 78.1. The Morgan fingerprint density at radius 3 is 1.78 bits per heavy atom. The first-order valence-electron chi connectivity index (χ1n) is 6.12. The third-order valence-corrected chi connectivity index (χ3v) is 2.78. The zero-order chi connectivity index (χ0) is 17.1. The van der Waals surface area contributed by atoms with Crippen molar-refractivity contribution in [1.82, 2.24) is 0 Å². The number of hydrogen-bond donors (Lipinski definition) is 2. The molecule has 0 unspecified atom stereocenters. The van der Waals surface area contributed by atoms with Crippen molar-refractivity contribution in [2.75, 3.05) is 17.2 Å². The van der Waals surface area contributed by atoms with Gasteiger partial charge in [-0.15, -0.1) is 0 Å². The molecule has 2 aromatic carbocycles. The zero-order valence-electron chi connectivity index (χ0n) is 11.2. The van der Waals surface area contributed by atoms with Crippen LogP contribution in [0.25, 0.3) is 0 Å². The van der Waals surface area contributed by atoms with Gasteiger partial charge < -0.3 is 10.6 Å². The fourth-order valence-electron chi connectivity index (χ4n) is 1.65. The van der Waals surface area contributed by atoms with Crippen LogP contribution in [-0.2, 0) is 4.79 Å². The highest BCUT2D eigenvalue weighted by atomic mass is 19.2. The Morgan fingerprint density at radius 1 is 0.739 bits per heavy atom. The molecule has 9 heteroatoms. The minimum Gasteiger partial charge on any atom is -0.374 e. The minimum absolute atomic E-state index is 0.496. The molecule has 0 aliphatic heterocycles. The highest BCUT2D eigenvalue weighted by Crippen LogP contribution is 2.21. The number of halogens is 6. The summed E-state index contributed by atoms with van der Waals surface area (Å²) in [5.74, 6) is -10.4. The summed E-state index contributed by atoms with van der Waals surface area (Å²) in [6.07, 6.45) is 0. The van der Waals surface area contributed by atoms with Crippen LogP contribution in [0.3, 0.4) is 0 Å². The summed E-state index contributed by atoms with van der Waals surface area (Å²) in [6.45, 7) is -0.652. The van der Waals surface area contributed by atoms with Crippen LogP contribution >= 0.6 is 0 Å². The molecule has 1 amide bonds. The predicted molar refractivity (Wildman–Crippen MR) is 69.8 cm³/mol. The average Bonchev–Trinajstić information content (AvgIpc) is 2.52. The quantitative estimate of drug-likeness (QED) is 0.663. The van der Waals surface area contributed by atoms with Gasteiger partial charge in [0, 0.05) is 0 Å². The van der Waals surface area contributed by atoms with Crippen molar-refractivity contribution in [2.24, 2.45) is 0 Å². The smallest absolute Gasteiger partial charge is 0.243 e. The van der Waals surface area contributed by atoms with E-state index in [1.54, 1.807) is 0 Å². The molecule has 0 radical (unpaired) electrons. The van der Waals surface area contributed by atoms with Gasteiger partial charge in [0.15, 0.2) is 34.9 Å². The molecule has 0 bridgehead atoms. The van der Waals surface area contributed by atoms with Crippen molar-refractivity contribution >= 4 is 17.3 Å². The molecule has 2 aromatic rings. The van der Waals surface area contributed by atoms with Gasteiger partial charge >= 0.3 is 0 Å². The monoisotopic (exact) mass is 334 g/mol. The molecule has 0 spiro atoms. The Balaban J connectivity index is 2.04. The number of carbonyl (C=O) groups is 1. The van der Waals surface area contributed by atoms with E-state index in [4.69, 9.17) is 0 Å². The van der Waals surface area contributed by atoms with Crippen molar-refractivity contribution in [2.45, 2.75) is 0 Å². The molecule has 23 heavy (non-hydrogen) atoms. The van der Waals surface area contributed by atoms with Crippen LogP contribution in [0, 0.1) is 34.9 Å². The first-order valence-corrected chi connectivity index (χ1v) is 6.12. The Hall–Kier alpha value is -2.71. The third-order valence-electron chi connectivity index (χ3n) is 2.78. The molecule has 3 nitrogen and oxygen atoms in total. The molecule has 0 saturated carbocycles. The Morgan fingerprint density at radius 2 is 1.22 bits per heavy atom. The largest absolute Gasteiger partial charge is 0.374 e. The maximum Gasteiger partial charge on any atom is 0.243 e. The molecule has 122 valence electrons. The Kier molecular flexibility index (Phi) is 4.77. The maximum absolute atomic E-state index is 13.3. The topological polar surface area (TPSA) is 41.1 Å². The van der Waals surface area contributed by atoms with Gasteiger partial charge in [-0.3, -0.25) is 4.79 Å². The van der Waals surface area contributed by atoms with Gasteiger partial charge in [0.25, 0.3) is 0 Å². The minimum atomic E-state index is -1.76. The molecule has 2 N–H and O–H groups in total. The van der Waals surface area contributed by atoms with Crippen LogP contribution in [-0.4, -0.2) is 12.5 Å². The van der Waals surface area contributed by atoms with Gasteiger partial charge in [-0.2, -0.15) is 0 Å². The first-order chi connectivity index (χ1) is 10.8. The van der Waals surface area contributed by atoms with Gasteiger partial charge in [0.05, 0.1) is 17.9 Å². The molecule has 0 heterocycles. The van der Waals surface area contributed by atoms with E-state index in [1.165, 1.54) is 0 Å². The van der Waals surface area contributed by atoms with Gasteiger partial charge in [0.2, 0.25) is 5.91 Å². The average molecular weight is 334 g/mol. The molecule has 0 saturated heterocycles. The van der Waals surface area contributed by atoms with Crippen molar-refractivity contribution in [3.63, 3.8) is 0 Å². The molecule has 0 aliphatic carbocycles. The molecule has 0 atom stereocenters. The molecular weight excluding hydrogens is 326 g/mol. The molecule has 0 fully saturated rings. The zero-order valence-corrected chi connectivity index (χ0v) is 11.2. The highest BCUT2D eigenvalue weighted by molar-refractivity contribution is 5.93. The van der Waals surface area contributed by atoms with Crippen LogP contribution < -0.4 is 10.6 Å². The van der Waals surface area contributed by atoms with E-state index < -0.39 is 58.7 Å². The summed E-state index contributed by atoms with van der Waals surface area (Å²) >= 11 is 0. The van der Waals surface area contributed by atoms with E-state index in [1.807, 2.05) is 5.32 Å². The van der Waals surface area contributed by atoms with Crippen LogP contribution in [0.4, 0.5) is 37.7 Å². The van der Waals surface area contributed by atoms with Crippen molar-refractivity contribution < 1.29 is 31.1 Å². The summed E-state index contributed by atoms with van der Waals surface area (Å²) in [5, 5.41) is 4.08. The lowest BCUT2D eigenvalue weighted by Gasteiger charge is -2.10. The van der Waals surface area contributed by atoms with Crippen molar-refractivity contribution in [3.05, 3.63) is 59.2 Å². The number of benzene rings is 2. The number of rotatable bonds is 4. The van der Waals surface area contributed by atoms with E-state index in [-0.39, 0.29) is 0 Å². The van der Waals surface area contributed by atoms with Gasteiger partial charge in [-0.1, -0.05) is 0 Å². The van der Waals surface area contributed by atoms with Crippen molar-refractivity contribution in [1.29, 1.82) is 0 Å². The number of hydrogen-bond acceptors (Lipinski definition) is 2. The lowest BCUT2D eigenvalue weighted by atomic mass is 10.2. The molecule has 2 rings (SSSR count). The number of amides is 1. The SMILES string of the molecule is O=C(CNc1ccc(F)c(F)c1F)Nc1ccc(F)c(F)c1F. The molecule has 0 aliphatic rings. The van der Waals surface area contributed by atoms with E-state index in [9.17, 15) is 31.1 Å². The van der Waals surface area contributed by atoms with Gasteiger partial charge in [-0.05, 0) is 24.3 Å². The van der Waals surface area contributed by atoms with Crippen molar-refractivity contribution in [3.8, 4) is 0 Å². The van der Waals surface area contributed by atoms with Crippen LogP contribution in [0.5, 0.6) is 0 Å². The number of anilines is 2. The Labute approximate surface area is 125 Å². The van der Waals surface area contributed by atoms with Crippen LogP contribution in [0.1, 0.15) is 0 Å². The fourth-order valence-corrected chi connectivity index (χ4v) is 1.65. The normalized spacial score (nSPS) is 10.5. The van der Waals surface area contributed by atoms with E-state index in [0.29, 0.717) is 12.1 Å². The molecule has 0 aromatic heterocycles. The van der Waals surface area contributed by atoms with E-state index >= 15 is 0 Å². The van der Waals surface area contributed by atoms with Gasteiger partial charge in [-0.25, -0.2) is 26.3 Å². The first kappa shape index (κ1) is 16.7. The fraction of sp³-hybridized carbons (Fsp3) is 0.0714. The lowest BCUT2D eigenvalue weighted by molar-refractivity contribution is -0.114. The second kappa shape index (κ2) is 6.59. The predicted octanol–water partition coefficient (Wildman–Crippen LogP) is 3.57. The Bertz CT molecular complexity index is 765. The maximum atomic E-state index is 13.3. The van der Waals surface area contributed by atoms with Gasteiger partial charge in [0.1, 0.15) is 0 Å². The number of carbonyl (C=O) groups excluding carboxylic acids is 1. The van der Waals surface area contributed by atoms with E-state index in [0.717, 1.165) is 12.1 Å². The second-order valence-electron chi connectivity index (χ2n) is 4.35. The summed E-state index contributed by atoms with van der Waals surface area (Å²) in [4.78, 5) is 11.6. The third kappa shape index (κ3) is 3.55. The van der Waals surface area contributed by atoms with Crippen LogP contribution in [0.2, 0.25) is 0 Å². The lowest BCUT2D eigenvalue weighted by Crippen LogP contribution is -2.23. The van der Waals surface area contributed by atoms with Crippen LogP contribution in [0.15, 0.2) is 24.3 Å².